The topological polar surface area (TPSA) is 87.7 Å². The van der Waals surface area contributed by atoms with Crippen molar-refractivity contribution in [1.82, 2.24) is 19.9 Å². The minimum absolute atomic E-state index is 0.0262. The Balaban J connectivity index is 1.51. The van der Waals surface area contributed by atoms with E-state index in [0.717, 1.165) is 32.9 Å². The van der Waals surface area contributed by atoms with Crippen LogP contribution in [0.2, 0.25) is 0 Å². The van der Waals surface area contributed by atoms with Crippen molar-refractivity contribution in [3.63, 3.8) is 0 Å². The van der Waals surface area contributed by atoms with Crippen molar-refractivity contribution in [3.8, 4) is 11.3 Å². The summed E-state index contributed by atoms with van der Waals surface area (Å²) >= 11 is 1.46. The van der Waals surface area contributed by atoms with Gasteiger partial charge in [-0.2, -0.15) is 4.52 Å². The average Bonchev–Trinajstić information content (AvgIpc) is 3.45. The van der Waals surface area contributed by atoms with Gasteiger partial charge in [0.05, 0.1) is 12.8 Å². The fraction of sp³-hybridized carbons (Fsp3) is 0.375. The highest BCUT2D eigenvalue weighted by Gasteiger charge is 2.23. The molecule has 33 heavy (non-hydrogen) atoms. The van der Waals surface area contributed by atoms with E-state index in [2.05, 4.69) is 31.4 Å². The normalized spacial score (nSPS) is 12.6. The number of amides is 1. The Kier molecular flexibility index (Phi) is 6.42. The Bertz CT molecular complexity index is 1210. The van der Waals surface area contributed by atoms with Crippen LogP contribution >= 0.6 is 11.3 Å². The average molecular weight is 467 g/mol. The van der Waals surface area contributed by atoms with Crippen LogP contribution in [-0.2, 0) is 11.2 Å². The number of anilines is 2. The second kappa shape index (κ2) is 9.27. The highest BCUT2D eigenvalue weighted by Crippen LogP contribution is 2.34. The molecule has 8 nitrogen and oxygen atoms in total. The molecule has 4 rings (SSSR count). The van der Waals surface area contributed by atoms with Gasteiger partial charge in [-0.3, -0.25) is 4.79 Å². The van der Waals surface area contributed by atoms with E-state index < -0.39 is 0 Å². The van der Waals surface area contributed by atoms with Gasteiger partial charge in [0.15, 0.2) is 5.82 Å². The molecule has 1 atom stereocenters. The monoisotopic (exact) mass is 466 g/mol. The minimum atomic E-state index is -0.167. The zero-order valence-corrected chi connectivity index (χ0v) is 20.4. The zero-order chi connectivity index (χ0) is 23.6. The van der Waals surface area contributed by atoms with Crippen molar-refractivity contribution in [3.05, 3.63) is 54.5 Å². The van der Waals surface area contributed by atoms with Crippen molar-refractivity contribution in [2.75, 3.05) is 23.8 Å². The molecule has 0 unspecified atom stereocenters. The Morgan fingerprint density at radius 2 is 1.97 bits per heavy atom. The summed E-state index contributed by atoms with van der Waals surface area (Å²) in [5, 5.41) is 12.1. The molecule has 1 amide bonds. The van der Waals surface area contributed by atoms with Crippen LogP contribution in [0.25, 0.3) is 16.2 Å². The number of imidazole rings is 1. The van der Waals surface area contributed by atoms with Crippen molar-refractivity contribution < 1.29 is 9.21 Å². The van der Waals surface area contributed by atoms with Crippen LogP contribution in [0.1, 0.15) is 33.5 Å². The third-order valence-electron chi connectivity index (χ3n) is 4.94. The van der Waals surface area contributed by atoms with Crippen LogP contribution in [0.3, 0.4) is 0 Å². The number of carbonyl (C=O) groups is 1. The van der Waals surface area contributed by atoms with Gasteiger partial charge in [0.2, 0.25) is 16.0 Å². The molecule has 3 heterocycles. The fourth-order valence-corrected chi connectivity index (χ4v) is 4.40. The molecule has 0 radical (unpaired) electrons. The van der Waals surface area contributed by atoms with Gasteiger partial charge in [-0.25, -0.2) is 4.98 Å². The number of carbonyl (C=O) groups excluding carboxylic acids is 1. The third kappa shape index (κ3) is 5.54. The molecule has 0 aliphatic carbocycles. The van der Waals surface area contributed by atoms with Crippen molar-refractivity contribution >= 4 is 33.2 Å². The molecule has 0 saturated carbocycles. The molecule has 2 N–H and O–H groups in total. The molecule has 174 valence electrons. The SMILES string of the molecule is C[C@@H](Cc1ccco1)NC(=O)CN(C)c1nn2c(NC(C)(C)C)c(-c3ccccc3)nc2s1. The molecule has 0 aliphatic rings. The summed E-state index contributed by atoms with van der Waals surface area (Å²) in [4.78, 5) is 20.0. The lowest BCUT2D eigenvalue weighted by molar-refractivity contribution is -0.120. The fourth-order valence-electron chi connectivity index (χ4n) is 3.54. The number of fused-ring (bicyclic) bond motifs is 1. The predicted octanol–water partition coefficient (Wildman–Crippen LogP) is 4.44. The van der Waals surface area contributed by atoms with Gasteiger partial charge in [0.25, 0.3) is 0 Å². The van der Waals surface area contributed by atoms with Crippen molar-refractivity contribution in [1.29, 1.82) is 0 Å². The molecule has 0 saturated heterocycles. The summed E-state index contributed by atoms with van der Waals surface area (Å²) in [6.07, 6.45) is 2.29. The Hall–Kier alpha value is -3.33. The molecule has 0 aliphatic heterocycles. The number of likely N-dealkylation sites (N-methyl/N-ethyl adjacent to an activating group) is 1. The number of hydrogen-bond donors (Lipinski definition) is 2. The van der Waals surface area contributed by atoms with Gasteiger partial charge in [-0.15, -0.1) is 5.10 Å². The lowest BCUT2D eigenvalue weighted by atomic mass is 10.1. The molecular formula is C24H30N6O2S. The number of hydrogen-bond acceptors (Lipinski definition) is 7. The quantitative estimate of drug-likeness (QED) is 0.399. The smallest absolute Gasteiger partial charge is 0.239 e. The van der Waals surface area contributed by atoms with E-state index in [0.29, 0.717) is 6.42 Å². The first-order valence-electron chi connectivity index (χ1n) is 11.0. The van der Waals surface area contributed by atoms with Gasteiger partial charge in [-0.05, 0) is 39.8 Å². The number of nitrogens with zero attached hydrogens (tertiary/aromatic N) is 4. The summed E-state index contributed by atoms with van der Waals surface area (Å²) in [6.45, 7) is 8.48. The second-order valence-corrected chi connectivity index (χ2v) is 10.2. The van der Waals surface area contributed by atoms with Crippen LogP contribution in [-0.4, -0.2) is 45.7 Å². The van der Waals surface area contributed by atoms with Crippen LogP contribution in [0.5, 0.6) is 0 Å². The Morgan fingerprint density at radius 1 is 1.21 bits per heavy atom. The summed E-state index contributed by atoms with van der Waals surface area (Å²) in [7, 11) is 1.87. The van der Waals surface area contributed by atoms with Crippen LogP contribution in [0, 0.1) is 0 Å². The highest BCUT2D eigenvalue weighted by atomic mass is 32.1. The van der Waals surface area contributed by atoms with E-state index in [-0.39, 0.29) is 24.0 Å². The third-order valence-corrected chi connectivity index (χ3v) is 5.96. The van der Waals surface area contributed by atoms with Gasteiger partial charge in [0.1, 0.15) is 11.5 Å². The lowest BCUT2D eigenvalue weighted by Gasteiger charge is -2.22. The van der Waals surface area contributed by atoms with Crippen molar-refractivity contribution in [2.45, 2.75) is 45.7 Å². The number of aromatic nitrogens is 3. The lowest BCUT2D eigenvalue weighted by Crippen LogP contribution is -2.40. The highest BCUT2D eigenvalue weighted by molar-refractivity contribution is 7.20. The first kappa shape index (κ1) is 22.8. The van der Waals surface area contributed by atoms with E-state index in [1.165, 1.54) is 11.3 Å². The molecule has 9 heteroatoms. The van der Waals surface area contributed by atoms with Gasteiger partial charge < -0.3 is 20.0 Å². The Labute approximate surface area is 197 Å². The van der Waals surface area contributed by atoms with Crippen LogP contribution < -0.4 is 15.5 Å². The molecule has 0 bridgehead atoms. The number of benzene rings is 1. The van der Waals surface area contributed by atoms with E-state index >= 15 is 0 Å². The van der Waals surface area contributed by atoms with Gasteiger partial charge in [-0.1, -0.05) is 41.7 Å². The van der Waals surface area contributed by atoms with Crippen LogP contribution in [0.15, 0.2) is 53.1 Å². The molecule has 1 aromatic carbocycles. The van der Waals surface area contributed by atoms with Crippen LogP contribution in [0.4, 0.5) is 10.9 Å². The predicted molar refractivity (Wildman–Crippen MR) is 133 cm³/mol. The number of rotatable bonds is 8. The number of furan rings is 1. The Morgan fingerprint density at radius 3 is 2.64 bits per heavy atom. The first-order chi connectivity index (χ1) is 15.7. The largest absolute Gasteiger partial charge is 0.469 e. The van der Waals surface area contributed by atoms with E-state index in [1.54, 1.807) is 6.26 Å². The van der Waals surface area contributed by atoms with Crippen molar-refractivity contribution in [2.24, 2.45) is 0 Å². The molecule has 0 spiro atoms. The molecule has 0 fully saturated rings. The maximum absolute atomic E-state index is 12.6. The maximum atomic E-state index is 12.6. The summed E-state index contributed by atoms with van der Waals surface area (Å²) in [6, 6.07) is 13.8. The minimum Gasteiger partial charge on any atom is -0.469 e. The van der Waals surface area contributed by atoms with E-state index in [4.69, 9.17) is 14.5 Å². The van der Waals surface area contributed by atoms with E-state index in [9.17, 15) is 4.79 Å². The summed E-state index contributed by atoms with van der Waals surface area (Å²) in [5.74, 6) is 1.63. The molecule has 3 aromatic heterocycles. The summed E-state index contributed by atoms with van der Waals surface area (Å²) in [5.41, 5.74) is 1.73. The summed E-state index contributed by atoms with van der Waals surface area (Å²) < 4.78 is 7.20. The van der Waals surface area contributed by atoms with Gasteiger partial charge in [0, 0.05) is 30.6 Å². The second-order valence-electron chi connectivity index (χ2n) is 9.24. The zero-order valence-electron chi connectivity index (χ0n) is 19.6. The van der Waals surface area contributed by atoms with Gasteiger partial charge >= 0.3 is 0 Å². The first-order valence-corrected chi connectivity index (χ1v) is 11.8. The number of nitrogens with one attached hydrogen (secondary N) is 2. The molecular weight excluding hydrogens is 436 g/mol. The standard InChI is InChI=1S/C24H30N6O2S/c1-16(14-18-12-9-13-32-18)25-19(31)15-29(5)23-28-30-21(27-24(2,3)4)20(26-22(30)33-23)17-10-7-6-8-11-17/h6-13,16,27H,14-15H2,1-5H3,(H,25,31)/t16-/m0/s1. The molecule has 4 aromatic rings. The van der Waals surface area contributed by atoms with E-state index in [1.807, 2.05) is 65.9 Å². The maximum Gasteiger partial charge on any atom is 0.239 e.